The fourth-order valence-electron chi connectivity index (χ4n) is 4.23. The lowest BCUT2D eigenvalue weighted by Gasteiger charge is -2.32. The highest BCUT2D eigenvalue weighted by atomic mass is 32.1. The number of piperidine rings is 1. The number of rotatable bonds is 5. The maximum atomic E-state index is 12.9. The van der Waals surface area contributed by atoms with Crippen LogP contribution in [0.2, 0.25) is 0 Å². The van der Waals surface area contributed by atoms with E-state index in [0.717, 1.165) is 67.4 Å². The van der Waals surface area contributed by atoms with Gasteiger partial charge in [0.25, 0.3) is 0 Å². The number of amides is 2. The lowest BCUT2D eigenvalue weighted by Crippen LogP contribution is -2.44. The molecule has 1 N–H and O–H groups in total. The molecule has 6 nitrogen and oxygen atoms in total. The van der Waals surface area contributed by atoms with E-state index in [1.54, 1.807) is 18.3 Å². The molecule has 0 unspecified atom stereocenters. The summed E-state index contributed by atoms with van der Waals surface area (Å²) in [6.45, 7) is 7.38. The van der Waals surface area contributed by atoms with Crippen LogP contribution in [0, 0.1) is 12.8 Å². The highest BCUT2D eigenvalue weighted by Crippen LogP contribution is 2.33. The Morgan fingerprint density at radius 3 is 2.72 bits per heavy atom. The minimum Gasteiger partial charge on any atom is -0.356 e. The summed E-state index contributed by atoms with van der Waals surface area (Å²) < 4.78 is 0. The molecule has 0 aliphatic carbocycles. The lowest BCUT2D eigenvalue weighted by atomic mass is 9.97. The van der Waals surface area contributed by atoms with Crippen molar-refractivity contribution in [2.24, 2.45) is 5.92 Å². The second-order valence-corrected chi connectivity index (χ2v) is 9.11. The Morgan fingerprint density at radius 2 is 2.03 bits per heavy atom. The van der Waals surface area contributed by atoms with Crippen LogP contribution in [0.1, 0.15) is 30.3 Å². The molecule has 1 fully saturated rings. The molecule has 4 rings (SSSR count). The number of aryl methyl sites for hydroxylation is 1. The number of aromatic nitrogens is 1. The van der Waals surface area contributed by atoms with Crippen molar-refractivity contribution in [1.29, 1.82) is 0 Å². The summed E-state index contributed by atoms with van der Waals surface area (Å²) in [7, 11) is 0. The number of thiazole rings is 1. The second kappa shape index (κ2) is 8.63. The maximum Gasteiger partial charge on any atom is 0.241 e. The first-order valence-corrected chi connectivity index (χ1v) is 11.2. The van der Waals surface area contributed by atoms with Gasteiger partial charge in [-0.25, -0.2) is 4.98 Å². The molecule has 154 valence electrons. The van der Waals surface area contributed by atoms with E-state index in [1.807, 2.05) is 11.8 Å². The van der Waals surface area contributed by atoms with Gasteiger partial charge in [0.1, 0.15) is 0 Å². The number of hydrogen-bond acceptors (Lipinski definition) is 5. The minimum absolute atomic E-state index is 0.0309. The lowest BCUT2D eigenvalue weighted by molar-refractivity contribution is -0.120. The third kappa shape index (κ3) is 4.67. The Labute approximate surface area is 175 Å². The zero-order chi connectivity index (χ0) is 20.4. The molecule has 1 aromatic carbocycles. The van der Waals surface area contributed by atoms with Crippen molar-refractivity contribution in [2.45, 2.75) is 33.1 Å². The van der Waals surface area contributed by atoms with E-state index in [4.69, 9.17) is 0 Å². The summed E-state index contributed by atoms with van der Waals surface area (Å²) in [5.41, 5.74) is 4.42. The minimum atomic E-state index is 0.0309. The number of nitrogens with one attached hydrogen (secondary N) is 1. The van der Waals surface area contributed by atoms with E-state index in [0.29, 0.717) is 12.5 Å². The fraction of sp³-hybridized carbons (Fsp3) is 0.500. The quantitative estimate of drug-likeness (QED) is 0.820. The van der Waals surface area contributed by atoms with Crippen molar-refractivity contribution >= 4 is 28.8 Å². The zero-order valence-corrected chi connectivity index (χ0v) is 17.9. The topological polar surface area (TPSA) is 65.5 Å². The van der Waals surface area contributed by atoms with Gasteiger partial charge in [-0.05, 0) is 62.9 Å². The van der Waals surface area contributed by atoms with Crippen LogP contribution in [0.15, 0.2) is 23.6 Å². The molecular weight excluding hydrogens is 384 g/mol. The van der Waals surface area contributed by atoms with E-state index in [-0.39, 0.29) is 11.8 Å². The summed E-state index contributed by atoms with van der Waals surface area (Å²) in [5.74, 6) is 0.732. The summed E-state index contributed by atoms with van der Waals surface area (Å²) in [6.07, 6.45) is 2.96. The van der Waals surface area contributed by atoms with E-state index in [1.165, 1.54) is 5.56 Å². The molecule has 29 heavy (non-hydrogen) atoms. The second-order valence-electron chi connectivity index (χ2n) is 8.05. The van der Waals surface area contributed by atoms with Crippen molar-refractivity contribution in [1.82, 2.24) is 15.2 Å². The van der Waals surface area contributed by atoms with Crippen molar-refractivity contribution in [3.8, 4) is 11.3 Å². The Balaban J connectivity index is 1.34. The monoisotopic (exact) mass is 412 g/mol. The first kappa shape index (κ1) is 20.0. The third-order valence-corrected chi connectivity index (χ3v) is 6.67. The van der Waals surface area contributed by atoms with Gasteiger partial charge < -0.3 is 10.2 Å². The first-order chi connectivity index (χ1) is 14.0. The number of carbonyl (C=O) groups is 2. The molecule has 2 aliphatic heterocycles. The first-order valence-electron chi connectivity index (χ1n) is 10.3. The number of carbonyl (C=O) groups excluding carboxylic acids is 2. The molecular formula is C22H28N4O2S. The molecule has 7 heteroatoms. The number of benzene rings is 1. The summed E-state index contributed by atoms with van der Waals surface area (Å²) >= 11 is 1.66. The highest BCUT2D eigenvalue weighted by Gasteiger charge is 2.28. The molecule has 1 aromatic heterocycles. The predicted octanol–water partition coefficient (Wildman–Crippen LogP) is 2.86. The normalized spacial score (nSPS) is 17.4. The van der Waals surface area contributed by atoms with Crippen molar-refractivity contribution < 1.29 is 9.59 Å². The van der Waals surface area contributed by atoms with E-state index >= 15 is 0 Å². The van der Waals surface area contributed by atoms with E-state index < -0.39 is 0 Å². The molecule has 0 spiro atoms. The van der Waals surface area contributed by atoms with Gasteiger partial charge >= 0.3 is 0 Å². The Hall–Kier alpha value is -2.25. The van der Waals surface area contributed by atoms with Crippen LogP contribution in [0.25, 0.3) is 11.3 Å². The Bertz CT molecular complexity index is 902. The van der Waals surface area contributed by atoms with Crippen LogP contribution < -0.4 is 10.2 Å². The van der Waals surface area contributed by atoms with Crippen LogP contribution in [-0.4, -0.2) is 54.4 Å². The summed E-state index contributed by atoms with van der Waals surface area (Å²) in [4.78, 5) is 32.8. The summed E-state index contributed by atoms with van der Waals surface area (Å²) in [6, 6.07) is 6.33. The predicted molar refractivity (Wildman–Crippen MR) is 116 cm³/mol. The van der Waals surface area contributed by atoms with Gasteiger partial charge in [-0.15, -0.1) is 11.3 Å². The largest absolute Gasteiger partial charge is 0.356 e. The fourth-order valence-corrected chi connectivity index (χ4v) is 4.85. The van der Waals surface area contributed by atoms with Crippen LogP contribution in [0.3, 0.4) is 0 Å². The van der Waals surface area contributed by atoms with Gasteiger partial charge in [-0.3, -0.25) is 14.5 Å². The third-order valence-electron chi connectivity index (χ3n) is 5.90. The molecule has 2 aromatic rings. The van der Waals surface area contributed by atoms with Crippen LogP contribution >= 0.6 is 11.3 Å². The van der Waals surface area contributed by atoms with Gasteiger partial charge in [0, 0.05) is 36.6 Å². The van der Waals surface area contributed by atoms with Crippen LogP contribution in [0.4, 0.5) is 5.69 Å². The number of likely N-dealkylation sites (tertiary alicyclic amines) is 1. The number of anilines is 1. The summed E-state index contributed by atoms with van der Waals surface area (Å²) in [5, 5.41) is 6.06. The molecule has 3 heterocycles. The molecule has 0 atom stereocenters. The number of fused-ring (bicyclic) bond motifs is 1. The van der Waals surface area contributed by atoms with Crippen molar-refractivity contribution in [2.75, 3.05) is 37.6 Å². The highest BCUT2D eigenvalue weighted by molar-refractivity contribution is 7.09. The standard InChI is InChI=1S/C22H28N4O2S/c1-15(27)23-12-17-5-8-25(9-6-17)13-22(28)26-10-7-19-11-18(3-4-21(19)26)20-14-29-16(2)24-20/h3-4,11,14,17H,5-10,12-13H2,1-2H3,(H,23,27). The Morgan fingerprint density at radius 1 is 1.24 bits per heavy atom. The van der Waals surface area contributed by atoms with Crippen LogP contribution in [-0.2, 0) is 16.0 Å². The van der Waals surface area contributed by atoms with Gasteiger partial charge in [-0.2, -0.15) is 0 Å². The smallest absolute Gasteiger partial charge is 0.241 e. The van der Waals surface area contributed by atoms with E-state index in [2.05, 4.69) is 38.8 Å². The zero-order valence-electron chi connectivity index (χ0n) is 17.1. The average molecular weight is 413 g/mol. The average Bonchev–Trinajstić information content (AvgIpc) is 3.33. The molecule has 0 radical (unpaired) electrons. The van der Waals surface area contributed by atoms with Gasteiger partial charge in [0.2, 0.25) is 11.8 Å². The molecule has 2 aliphatic rings. The number of hydrogen-bond donors (Lipinski definition) is 1. The van der Waals surface area contributed by atoms with Crippen molar-refractivity contribution in [3.05, 3.63) is 34.2 Å². The molecule has 0 bridgehead atoms. The van der Waals surface area contributed by atoms with E-state index in [9.17, 15) is 9.59 Å². The van der Waals surface area contributed by atoms with Gasteiger partial charge in [0.05, 0.1) is 17.2 Å². The van der Waals surface area contributed by atoms with Gasteiger partial charge in [0.15, 0.2) is 0 Å². The molecule has 1 saturated heterocycles. The number of nitrogens with zero attached hydrogens (tertiary/aromatic N) is 3. The van der Waals surface area contributed by atoms with Crippen LogP contribution in [0.5, 0.6) is 0 Å². The maximum absolute atomic E-state index is 12.9. The Kier molecular flexibility index (Phi) is 5.96. The molecule has 2 amide bonds. The van der Waals surface area contributed by atoms with Crippen molar-refractivity contribution in [3.63, 3.8) is 0 Å². The molecule has 0 saturated carbocycles. The SMILES string of the molecule is CC(=O)NCC1CCN(CC(=O)N2CCc3cc(-c4csc(C)n4)ccc32)CC1. The van der Waals surface area contributed by atoms with Gasteiger partial charge in [-0.1, -0.05) is 6.07 Å².